The van der Waals surface area contributed by atoms with Crippen molar-refractivity contribution in [2.24, 2.45) is 4.99 Å². The van der Waals surface area contributed by atoms with Gasteiger partial charge in [-0.1, -0.05) is 12.1 Å². The number of morpholine rings is 1. The maximum Gasteiger partial charge on any atom is 0.434 e. The van der Waals surface area contributed by atoms with Gasteiger partial charge < -0.3 is 15.0 Å². The van der Waals surface area contributed by atoms with Gasteiger partial charge in [0, 0.05) is 31.4 Å². The van der Waals surface area contributed by atoms with Gasteiger partial charge in [0.1, 0.15) is 11.9 Å². The monoisotopic (exact) mass is 444 g/mol. The van der Waals surface area contributed by atoms with Gasteiger partial charge in [-0.2, -0.15) is 13.2 Å². The number of halogens is 4. The summed E-state index contributed by atoms with van der Waals surface area (Å²) in [5.74, 6) is 0.373. The predicted octanol–water partition coefficient (Wildman–Crippen LogP) is 4.27. The maximum absolute atomic E-state index is 13.2. The first-order valence-electron chi connectivity index (χ1n) is 9.72. The quantitative estimate of drug-likeness (QED) is 0.425. The average Bonchev–Trinajstić information content (AvgIpc) is 3.17. The molecule has 164 valence electrons. The SMILES string of the molecule is CCNC(=NCCc1nc(C(F)(F)F)cs1)N1CC(C)OC(c2ccc(F)cc2)C1. The molecule has 0 saturated carbocycles. The molecular weight excluding hydrogens is 420 g/mol. The number of aromatic nitrogens is 1. The zero-order valence-electron chi connectivity index (χ0n) is 16.7. The summed E-state index contributed by atoms with van der Waals surface area (Å²) in [7, 11) is 0. The van der Waals surface area contributed by atoms with Crippen LogP contribution in [0, 0.1) is 5.82 Å². The first-order chi connectivity index (χ1) is 14.3. The van der Waals surface area contributed by atoms with Crippen LogP contribution in [0.25, 0.3) is 0 Å². The van der Waals surface area contributed by atoms with Crippen molar-refractivity contribution in [3.8, 4) is 0 Å². The van der Waals surface area contributed by atoms with Gasteiger partial charge in [0.2, 0.25) is 0 Å². The van der Waals surface area contributed by atoms with Crippen LogP contribution in [0.1, 0.15) is 36.2 Å². The van der Waals surface area contributed by atoms with Crippen molar-refractivity contribution >= 4 is 17.3 Å². The zero-order valence-corrected chi connectivity index (χ0v) is 17.6. The number of hydrogen-bond donors (Lipinski definition) is 1. The minimum atomic E-state index is -4.42. The molecule has 0 spiro atoms. The van der Waals surface area contributed by atoms with Crippen LogP contribution in [0.15, 0.2) is 34.6 Å². The Kier molecular flexibility index (Phi) is 7.30. The molecule has 1 saturated heterocycles. The predicted molar refractivity (Wildman–Crippen MR) is 108 cm³/mol. The molecule has 1 aromatic carbocycles. The minimum absolute atomic E-state index is 0.0639. The number of benzene rings is 1. The molecule has 0 bridgehead atoms. The van der Waals surface area contributed by atoms with Gasteiger partial charge in [-0.15, -0.1) is 11.3 Å². The van der Waals surface area contributed by atoms with Crippen LogP contribution in [0.4, 0.5) is 17.6 Å². The lowest BCUT2D eigenvalue weighted by Gasteiger charge is -2.38. The van der Waals surface area contributed by atoms with E-state index < -0.39 is 11.9 Å². The smallest absolute Gasteiger partial charge is 0.367 e. The molecule has 2 aromatic rings. The minimum Gasteiger partial charge on any atom is -0.367 e. The van der Waals surface area contributed by atoms with Gasteiger partial charge >= 0.3 is 6.18 Å². The van der Waals surface area contributed by atoms with Crippen molar-refractivity contribution in [1.82, 2.24) is 15.2 Å². The summed E-state index contributed by atoms with van der Waals surface area (Å²) in [4.78, 5) is 10.3. The topological polar surface area (TPSA) is 49.8 Å². The van der Waals surface area contributed by atoms with E-state index in [4.69, 9.17) is 4.74 Å². The third-order valence-corrected chi connectivity index (χ3v) is 5.47. The molecule has 3 rings (SSSR count). The number of ether oxygens (including phenoxy) is 1. The van der Waals surface area contributed by atoms with Crippen molar-refractivity contribution in [1.29, 1.82) is 0 Å². The maximum atomic E-state index is 13.2. The van der Waals surface area contributed by atoms with E-state index in [1.54, 1.807) is 12.1 Å². The molecule has 1 fully saturated rings. The van der Waals surface area contributed by atoms with Crippen LogP contribution in [0.5, 0.6) is 0 Å². The van der Waals surface area contributed by atoms with Crippen molar-refractivity contribution in [2.75, 3.05) is 26.2 Å². The third-order valence-electron chi connectivity index (χ3n) is 4.57. The number of guanidine groups is 1. The van der Waals surface area contributed by atoms with Gasteiger partial charge in [0.25, 0.3) is 0 Å². The number of nitrogens with zero attached hydrogens (tertiary/aromatic N) is 3. The molecule has 2 unspecified atom stereocenters. The highest BCUT2D eigenvalue weighted by molar-refractivity contribution is 7.09. The number of alkyl halides is 3. The largest absolute Gasteiger partial charge is 0.434 e. The van der Waals surface area contributed by atoms with Gasteiger partial charge in [-0.05, 0) is 31.5 Å². The standard InChI is InChI=1S/C20H24F4N4OS/c1-3-25-19(26-9-8-18-27-17(12-30-18)20(22,23)24)28-10-13(2)29-16(11-28)14-4-6-15(21)7-5-14/h4-7,12-13,16H,3,8-11H2,1-2H3,(H,25,26). The second-order valence-electron chi connectivity index (χ2n) is 7.00. The Hall–Kier alpha value is -2.20. The third kappa shape index (κ3) is 5.91. The Labute approximate surface area is 176 Å². The molecule has 0 radical (unpaired) electrons. The Bertz CT molecular complexity index is 853. The summed E-state index contributed by atoms with van der Waals surface area (Å²) in [6.07, 6.45) is -4.39. The lowest BCUT2D eigenvalue weighted by molar-refractivity contribution is -0.140. The second-order valence-corrected chi connectivity index (χ2v) is 7.94. The van der Waals surface area contributed by atoms with E-state index >= 15 is 0 Å². The van der Waals surface area contributed by atoms with Crippen LogP contribution >= 0.6 is 11.3 Å². The molecule has 2 atom stereocenters. The highest BCUT2D eigenvalue weighted by Crippen LogP contribution is 2.30. The molecule has 1 N–H and O–H groups in total. The first kappa shape index (κ1) is 22.5. The molecule has 30 heavy (non-hydrogen) atoms. The van der Waals surface area contributed by atoms with Crippen LogP contribution in [-0.2, 0) is 17.3 Å². The fraction of sp³-hybridized carbons (Fsp3) is 0.500. The van der Waals surface area contributed by atoms with E-state index in [1.807, 2.05) is 13.8 Å². The summed E-state index contributed by atoms with van der Waals surface area (Å²) in [5, 5.41) is 4.67. The Morgan fingerprint density at radius 1 is 1.30 bits per heavy atom. The Balaban J connectivity index is 1.67. The Morgan fingerprint density at radius 3 is 2.67 bits per heavy atom. The van der Waals surface area contributed by atoms with Gasteiger partial charge in [0.05, 0.1) is 17.7 Å². The van der Waals surface area contributed by atoms with E-state index in [0.29, 0.717) is 43.6 Å². The summed E-state index contributed by atoms with van der Waals surface area (Å²) in [6, 6.07) is 6.23. The molecular formula is C20H24F4N4OS. The summed E-state index contributed by atoms with van der Waals surface area (Å²) < 4.78 is 57.3. The molecule has 1 aromatic heterocycles. The number of rotatable bonds is 5. The van der Waals surface area contributed by atoms with E-state index in [1.165, 1.54) is 12.1 Å². The molecule has 0 amide bonds. The summed E-state index contributed by atoms with van der Waals surface area (Å²) in [6.45, 7) is 6.05. The van der Waals surface area contributed by atoms with Gasteiger partial charge in [-0.3, -0.25) is 4.99 Å². The number of nitrogens with one attached hydrogen (secondary N) is 1. The van der Waals surface area contributed by atoms with Crippen LogP contribution in [-0.4, -0.2) is 48.1 Å². The van der Waals surface area contributed by atoms with Crippen molar-refractivity contribution in [3.05, 3.63) is 51.7 Å². The second kappa shape index (κ2) is 9.74. The normalized spacial score (nSPS) is 20.5. The molecule has 1 aliphatic heterocycles. The van der Waals surface area contributed by atoms with Crippen molar-refractivity contribution in [2.45, 2.75) is 38.7 Å². The number of thiazole rings is 1. The van der Waals surface area contributed by atoms with Crippen LogP contribution in [0.2, 0.25) is 0 Å². The fourth-order valence-electron chi connectivity index (χ4n) is 3.23. The van der Waals surface area contributed by atoms with E-state index in [2.05, 4.69) is 20.2 Å². The first-order valence-corrected chi connectivity index (χ1v) is 10.6. The molecule has 0 aliphatic carbocycles. The summed E-state index contributed by atoms with van der Waals surface area (Å²) in [5.41, 5.74) is 0.0220. The van der Waals surface area contributed by atoms with E-state index in [0.717, 1.165) is 22.3 Å². The molecule has 1 aliphatic rings. The average molecular weight is 444 g/mol. The highest BCUT2D eigenvalue weighted by Gasteiger charge is 2.33. The van der Waals surface area contributed by atoms with Gasteiger partial charge in [0.15, 0.2) is 11.7 Å². The lowest BCUT2D eigenvalue weighted by Crippen LogP contribution is -2.50. The van der Waals surface area contributed by atoms with Crippen LogP contribution < -0.4 is 5.32 Å². The zero-order chi connectivity index (χ0) is 21.7. The van der Waals surface area contributed by atoms with Crippen LogP contribution in [0.3, 0.4) is 0 Å². The van der Waals surface area contributed by atoms with Crippen molar-refractivity contribution < 1.29 is 22.3 Å². The lowest BCUT2D eigenvalue weighted by atomic mass is 10.1. The molecule has 2 heterocycles. The van der Waals surface area contributed by atoms with Gasteiger partial charge in [-0.25, -0.2) is 9.37 Å². The number of hydrogen-bond acceptors (Lipinski definition) is 4. The number of aliphatic imine (C=N–C) groups is 1. The molecule has 10 heteroatoms. The van der Waals surface area contributed by atoms with Crippen molar-refractivity contribution in [3.63, 3.8) is 0 Å². The highest BCUT2D eigenvalue weighted by atomic mass is 32.1. The fourth-order valence-corrected chi connectivity index (χ4v) is 4.02. The summed E-state index contributed by atoms with van der Waals surface area (Å²) >= 11 is 0.991. The van der Waals surface area contributed by atoms with E-state index in [9.17, 15) is 17.6 Å². The molecule has 5 nitrogen and oxygen atoms in total. The van der Waals surface area contributed by atoms with E-state index in [-0.39, 0.29) is 18.0 Å². The Morgan fingerprint density at radius 2 is 2.03 bits per heavy atom.